The number of nitrogens with one attached hydrogen (secondary N) is 2. The minimum atomic E-state index is -4.31. The lowest BCUT2D eigenvalue weighted by Gasteiger charge is -2.29. The van der Waals surface area contributed by atoms with Crippen LogP contribution in [0.4, 0.5) is 13.2 Å². The molecule has 9 heteroatoms. The third-order valence-corrected chi connectivity index (χ3v) is 4.45. The van der Waals surface area contributed by atoms with Gasteiger partial charge >= 0.3 is 6.18 Å². The third kappa shape index (κ3) is 5.01. The van der Waals surface area contributed by atoms with Crippen LogP contribution >= 0.6 is 11.6 Å². The van der Waals surface area contributed by atoms with Crippen LogP contribution in [0.3, 0.4) is 0 Å². The SMILES string of the molecule is COc1ccc(Cl)cc1C(=O)NNC(=O)[C@@H]1CCC[C@H](C(F)(F)F)C1. The second-order valence-corrected chi connectivity index (χ2v) is 6.33. The van der Waals surface area contributed by atoms with Gasteiger partial charge in [-0.1, -0.05) is 18.0 Å². The molecule has 1 saturated carbocycles. The van der Waals surface area contributed by atoms with Gasteiger partial charge in [0.25, 0.3) is 5.91 Å². The van der Waals surface area contributed by atoms with Crippen LogP contribution < -0.4 is 15.6 Å². The van der Waals surface area contributed by atoms with Gasteiger partial charge in [-0.3, -0.25) is 20.4 Å². The number of rotatable bonds is 3. The maximum atomic E-state index is 12.8. The van der Waals surface area contributed by atoms with Gasteiger partial charge < -0.3 is 4.74 Å². The van der Waals surface area contributed by atoms with Crippen LogP contribution in [0.1, 0.15) is 36.0 Å². The van der Waals surface area contributed by atoms with E-state index in [4.69, 9.17) is 16.3 Å². The van der Waals surface area contributed by atoms with Crippen LogP contribution in [0, 0.1) is 11.8 Å². The summed E-state index contributed by atoms with van der Waals surface area (Å²) in [6.07, 6.45) is -3.88. The third-order valence-electron chi connectivity index (χ3n) is 4.21. The second kappa shape index (κ2) is 7.95. The Balaban J connectivity index is 1.96. The van der Waals surface area contributed by atoms with E-state index in [0.717, 1.165) is 0 Å². The predicted octanol–water partition coefficient (Wildman–Crippen LogP) is 3.48. The zero-order valence-corrected chi connectivity index (χ0v) is 14.2. The fourth-order valence-electron chi connectivity index (χ4n) is 2.87. The number of ether oxygens (including phenoxy) is 1. The highest BCUT2D eigenvalue weighted by molar-refractivity contribution is 6.31. The lowest BCUT2D eigenvalue weighted by Crippen LogP contribution is -2.46. The summed E-state index contributed by atoms with van der Waals surface area (Å²) in [6, 6.07) is 4.39. The van der Waals surface area contributed by atoms with Crippen molar-refractivity contribution in [2.75, 3.05) is 7.11 Å². The van der Waals surface area contributed by atoms with E-state index < -0.39 is 29.8 Å². The molecule has 0 bridgehead atoms. The van der Waals surface area contributed by atoms with Crippen LogP contribution in [-0.2, 0) is 4.79 Å². The monoisotopic (exact) mass is 378 g/mol. The van der Waals surface area contributed by atoms with Crippen molar-refractivity contribution in [1.29, 1.82) is 0 Å². The quantitative estimate of drug-likeness (QED) is 0.791. The van der Waals surface area contributed by atoms with Crippen molar-refractivity contribution in [1.82, 2.24) is 10.9 Å². The van der Waals surface area contributed by atoms with Gasteiger partial charge in [-0.15, -0.1) is 0 Å². The molecule has 138 valence electrons. The van der Waals surface area contributed by atoms with Gasteiger partial charge in [0.05, 0.1) is 18.6 Å². The van der Waals surface area contributed by atoms with Gasteiger partial charge in [0.15, 0.2) is 0 Å². The molecule has 25 heavy (non-hydrogen) atoms. The number of hydrazine groups is 1. The molecular formula is C16H18ClF3N2O3. The molecule has 2 atom stereocenters. The maximum absolute atomic E-state index is 12.8. The van der Waals surface area contributed by atoms with Crippen molar-refractivity contribution in [2.45, 2.75) is 31.9 Å². The molecule has 2 rings (SSSR count). The summed E-state index contributed by atoms with van der Waals surface area (Å²) in [5, 5.41) is 0.303. The van der Waals surface area contributed by atoms with Crippen molar-refractivity contribution in [3.63, 3.8) is 0 Å². The van der Waals surface area contributed by atoms with E-state index in [2.05, 4.69) is 10.9 Å². The van der Waals surface area contributed by atoms with Gasteiger partial charge in [-0.05, 0) is 37.5 Å². The van der Waals surface area contributed by atoms with E-state index in [-0.39, 0.29) is 24.2 Å². The number of carbonyl (C=O) groups excluding carboxylic acids is 2. The molecule has 1 fully saturated rings. The highest BCUT2D eigenvalue weighted by Crippen LogP contribution is 2.39. The van der Waals surface area contributed by atoms with Crippen molar-refractivity contribution in [2.24, 2.45) is 11.8 Å². The lowest BCUT2D eigenvalue weighted by molar-refractivity contribution is -0.186. The minimum Gasteiger partial charge on any atom is -0.496 e. The molecule has 5 nitrogen and oxygen atoms in total. The maximum Gasteiger partial charge on any atom is 0.391 e. The van der Waals surface area contributed by atoms with Crippen molar-refractivity contribution in [3.8, 4) is 5.75 Å². The van der Waals surface area contributed by atoms with Gasteiger partial charge in [-0.25, -0.2) is 0 Å². The molecular weight excluding hydrogens is 361 g/mol. The minimum absolute atomic E-state index is 0.0271. The first-order valence-corrected chi connectivity index (χ1v) is 8.10. The summed E-state index contributed by atoms with van der Waals surface area (Å²) < 4.78 is 43.5. The fourth-order valence-corrected chi connectivity index (χ4v) is 3.04. The first-order chi connectivity index (χ1) is 11.7. The molecule has 1 aromatic rings. The first kappa shape index (κ1) is 19.4. The molecule has 1 aromatic carbocycles. The van der Waals surface area contributed by atoms with Gasteiger partial charge in [0, 0.05) is 10.9 Å². The average molecular weight is 379 g/mol. The number of hydrogen-bond acceptors (Lipinski definition) is 3. The molecule has 2 N–H and O–H groups in total. The summed E-state index contributed by atoms with van der Waals surface area (Å²) in [6.45, 7) is 0. The van der Waals surface area contributed by atoms with Gasteiger partial charge in [0.2, 0.25) is 5.91 Å². The number of amides is 2. The highest BCUT2D eigenvalue weighted by Gasteiger charge is 2.43. The van der Waals surface area contributed by atoms with E-state index in [1.54, 1.807) is 0 Å². The normalized spacial score (nSPS) is 20.7. The zero-order chi connectivity index (χ0) is 18.6. The Kier molecular flexibility index (Phi) is 6.16. The number of hydrogen-bond donors (Lipinski definition) is 2. The predicted molar refractivity (Wildman–Crippen MR) is 85.1 cm³/mol. The standard InChI is InChI=1S/C16H18ClF3N2O3/c1-25-13-6-5-11(17)8-12(13)15(24)22-21-14(23)9-3-2-4-10(7-9)16(18,19)20/h5-6,8-10H,2-4,7H2,1H3,(H,21,23)(H,22,24)/t9-,10+/m1/s1. The Morgan fingerprint density at radius 2 is 1.96 bits per heavy atom. The first-order valence-electron chi connectivity index (χ1n) is 7.72. The molecule has 0 spiro atoms. The Hall–Kier alpha value is -1.96. The summed E-state index contributed by atoms with van der Waals surface area (Å²) in [7, 11) is 1.37. The molecule has 0 aromatic heterocycles. The van der Waals surface area contributed by atoms with Crippen LogP contribution in [0.15, 0.2) is 18.2 Å². The summed E-state index contributed by atoms with van der Waals surface area (Å²) >= 11 is 5.83. The zero-order valence-electron chi connectivity index (χ0n) is 13.5. The largest absolute Gasteiger partial charge is 0.496 e. The van der Waals surface area contributed by atoms with E-state index in [0.29, 0.717) is 17.9 Å². The summed E-state index contributed by atoms with van der Waals surface area (Å²) in [4.78, 5) is 24.2. The molecule has 0 aliphatic heterocycles. The number of carbonyl (C=O) groups is 2. The number of halogens is 4. The summed E-state index contributed by atoms with van der Waals surface area (Å²) in [5.74, 6) is -3.33. The van der Waals surface area contributed by atoms with E-state index in [1.807, 2.05) is 0 Å². The Labute approximate surface area is 147 Å². The van der Waals surface area contributed by atoms with Crippen LogP contribution in [0.25, 0.3) is 0 Å². The Morgan fingerprint density at radius 3 is 2.60 bits per heavy atom. The van der Waals surface area contributed by atoms with Gasteiger partial charge in [0.1, 0.15) is 5.75 Å². The lowest BCUT2D eigenvalue weighted by atomic mass is 9.80. The fraction of sp³-hybridized carbons (Fsp3) is 0.500. The topological polar surface area (TPSA) is 67.4 Å². The van der Waals surface area contributed by atoms with E-state index in [1.165, 1.54) is 25.3 Å². The van der Waals surface area contributed by atoms with Crippen LogP contribution in [-0.4, -0.2) is 25.1 Å². The number of benzene rings is 1. The summed E-state index contributed by atoms with van der Waals surface area (Å²) in [5.41, 5.74) is 4.49. The Bertz CT molecular complexity index is 652. The van der Waals surface area contributed by atoms with Crippen molar-refractivity contribution < 1.29 is 27.5 Å². The van der Waals surface area contributed by atoms with Crippen molar-refractivity contribution in [3.05, 3.63) is 28.8 Å². The second-order valence-electron chi connectivity index (χ2n) is 5.89. The highest BCUT2D eigenvalue weighted by atomic mass is 35.5. The Morgan fingerprint density at radius 1 is 1.24 bits per heavy atom. The molecule has 0 radical (unpaired) electrons. The smallest absolute Gasteiger partial charge is 0.391 e. The molecule has 0 saturated heterocycles. The molecule has 0 heterocycles. The van der Waals surface area contributed by atoms with Crippen LogP contribution in [0.2, 0.25) is 5.02 Å². The molecule has 2 amide bonds. The molecule has 0 unspecified atom stereocenters. The van der Waals surface area contributed by atoms with Gasteiger partial charge in [-0.2, -0.15) is 13.2 Å². The molecule has 1 aliphatic rings. The number of methoxy groups -OCH3 is 1. The molecule has 1 aliphatic carbocycles. The number of alkyl halides is 3. The van der Waals surface area contributed by atoms with Crippen molar-refractivity contribution >= 4 is 23.4 Å². The average Bonchev–Trinajstić information content (AvgIpc) is 2.58. The van der Waals surface area contributed by atoms with E-state index in [9.17, 15) is 22.8 Å². The van der Waals surface area contributed by atoms with Crippen LogP contribution in [0.5, 0.6) is 5.75 Å². The van der Waals surface area contributed by atoms with E-state index >= 15 is 0 Å².